The fraction of sp³-hybridized carbons (Fsp3) is 0.103. The van der Waals surface area contributed by atoms with Crippen molar-refractivity contribution in [1.29, 1.82) is 5.26 Å². The van der Waals surface area contributed by atoms with E-state index in [1.807, 2.05) is 71.5 Å². The van der Waals surface area contributed by atoms with Crippen LogP contribution in [0.25, 0.3) is 22.4 Å². The normalized spacial score (nSPS) is 10.9. The van der Waals surface area contributed by atoms with Crippen LogP contribution in [-0.2, 0) is 19.6 Å². The summed E-state index contributed by atoms with van der Waals surface area (Å²) in [5.41, 5.74) is 4.19. The van der Waals surface area contributed by atoms with Gasteiger partial charge in [0.25, 0.3) is 10.0 Å². The molecule has 8 nitrogen and oxygen atoms in total. The number of carbonyl (C=O) groups excluding carboxylic acids is 2. The average molecular weight is 557 g/mol. The minimum atomic E-state index is -3.95. The Morgan fingerprint density at radius 3 is 2.13 bits per heavy atom. The highest BCUT2D eigenvalue weighted by Crippen LogP contribution is 2.34. The zero-order chi connectivity index (χ0) is 27.8. The maximum absolute atomic E-state index is 12.6. The van der Waals surface area contributed by atoms with E-state index in [4.69, 9.17) is 4.98 Å². The largest absolute Gasteiger partial charge is 0.326 e. The lowest BCUT2D eigenvalue weighted by atomic mass is 9.99. The number of amides is 2. The molecule has 0 fully saturated rings. The zero-order valence-corrected chi connectivity index (χ0v) is 22.6. The molecule has 0 radical (unpaired) electrons. The average Bonchev–Trinajstić information content (AvgIpc) is 2.93. The molecule has 0 bridgehead atoms. The lowest BCUT2D eigenvalue weighted by Gasteiger charge is -2.13. The molecule has 10 heteroatoms. The molecule has 4 aromatic rings. The Hall–Kier alpha value is -4.46. The van der Waals surface area contributed by atoms with Gasteiger partial charge in [-0.05, 0) is 35.9 Å². The Bertz CT molecular complexity index is 1630. The number of anilines is 1. The molecule has 3 aromatic carbocycles. The molecule has 1 aromatic heterocycles. The predicted molar refractivity (Wildman–Crippen MR) is 151 cm³/mol. The first-order chi connectivity index (χ1) is 18.8. The molecule has 2 N–H and O–H groups in total. The number of nitriles is 1. The molecule has 0 aliphatic heterocycles. The molecule has 1 heterocycles. The highest BCUT2D eigenvalue weighted by atomic mass is 32.2. The number of benzene rings is 3. The molecule has 0 spiro atoms. The molecule has 39 heavy (non-hydrogen) atoms. The van der Waals surface area contributed by atoms with Crippen molar-refractivity contribution < 1.29 is 18.0 Å². The SMILES string of the molecule is CC(=O)NS(=O)(=O)c1ccc(NC(=O)CCSc2nc(-c3ccccc3)cc(-c3ccccc3)c2C#N)cc1. The second kappa shape index (κ2) is 12.4. The number of aromatic nitrogens is 1. The third kappa shape index (κ3) is 7.10. The van der Waals surface area contributed by atoms with Gasteiger partial charge in [0, 0.05) is 35.9 Å². The van der Waals surface area contributed by atoms with Gasteiger partial charge in [-0.25, -0.2) is 18.1 Å². The molecule has 0 aliphatic carbocycles. The molecule has 0 aliphatic rings. The standard InChI is InChI=1S/C29H24N4O4S2/c1-20(34)33-39(36,37)24-14-12-23(13-15-24)31-28(35)16-17-38-29-26(19-30)25(21-8-4-2-5-9-21)18-27(32-29)22-10-6-3-7-11-22/h2-15,18H,16-17H2,1H3,(H,31,35)(H,33,34). The smallest absolute Gasteiger partial charge is 0.264 e. The topological polar surface area (TPSA) is 129 Å². The van der Waals surface area contributed by atoms with E-state index in [1.54, 1.807) is 0 Å². The summed E-state index contributed by atoms with van der Waals surface area (Å²) in [6, 6.07) is 29.0. The van der Waals surface area contributed by atoms with Crippen molar-refractivity contribution in [2.45, 2.75) is 23.3 Å². The number of nitrogens with zero attached hydrogens (tertiary/aromatic N) is 2. The number of thioether (sulfide) groups is 1. The van der Waals surface area contributed by atoms with E-state index in [0.717, 1.165) is 29.3 Å². The third-order valence-electron chi connectivity index (χ3n) is 5.55. The molecule has 4 rings (SSSR count). The summed E-state index contributed by atoms with van der Waals surface area (Å²) in [7, 11) is -3.95. The minimum Gasteiger partial charge on any atom is -0.326 e. The molecule has 0 saturated carbocycles. The first-order valence-electron chi connectivity index (χ1n) is 11.9. The Morgan fingerprint density at radius 1 is 0.923 bits per heavy atom. The van der Waals surface area contributed by atoms with Crippen molar-refractivity contribution in [3.05, 3.63) is 96.6 Å². The second-order valence-corrected chi connectivity index (χ2v) is 11.2. The van der Waals surface area contributed by atoms with E-state index in [-0.39, 0.29) is 17.2 Å². The number of nitrogens with one attached hydrogen (secondary N) is 2. The van der Waals surface area contributed by atoms with E-state index in [2.05, 4.69) is 11.4 Å². The van der Waals surface area contributed by atoms with Gasteiger partial charge in [0.1, 0.15) is 11.1 Å². The summed E-state index contributed by atoms with van der Waals surface area (Å²) < 4.78 is 26.1. The van der Waals surface area contributed by atoms with Crippen LogP contribution in [0.3, 0.4) is 0 Å². The maximum Gasteiger partial charge on any atom is 0.264 e. The van der Waals surface area contributed by atoms with Crippen LogP contribution in [0, 0.1) is 11.3 Å². The van der Waals surface area contributed by atoms with Crippen LogP contribution in [0.2, 0.25) is 0 Å². The highest BCUT2D eigenvalue weighted by molar-refractivity contribution is 7.99. The van der Waals surface area contributed by atoms with E-state index in [1.165, 1.54) is 36.0 Å². The summed E-state index contributed by atoms with van der Waals surface area (Å²) in [5, 5.41) is 13.3. The number of hydrogen-bond donors (Lipinski definition) is 2. The monoisotopic (exact) mass is 556 g/mol. The molecular formula is C29H24N4O4S2. The molecular weight excluding hydrogens is 532 g/mol. The third-order valence-corrected chi connectivity index (χ3v) is 7.97. The molecule has 0 unspecified atom stereocenters. The molecule has 196 valence electrons. The van der Waals surface area contributed by atoms with Crippen LogP contribution in [0.1, 0.15) is 18.9 Å². The molecule has 0 saturated heterocycles. The van der Waals surface area contributed by atoms with Gasteiger partial charge < -0.3 is 5.32 Å². The summed E-state index contributed by atoms with van der Waals surface area (Å²) in [6.07, 6.45) is 0.138. The van der Waals surface area contributed by atoms with Crippen LogP contribution < -0.4 is 10.0 Å². The zero-order valence-electron chi connectivity index (χ0n) is 20.9. The highest BCUT2D eigenvalue weighted by Gasteiger charge is 2.17. The lowest BCUT2D eigenvalue weighted by molar-refractivity contribution is -0.117. The van der Waals surface area contributed by atoms with E-state index < -0.39 is 15.9 Å². The lowest BCUT2D eigenvalue weighted by Crippen LogP contribution is -2.28. The number of sulfonamides is 1. The number of carbonyl (C=O) groups is 2. The maximum atomic E-state index is 12.6. The van der Waals surface area contributed by atoms with Gasteiger partial charge in [-0.3, -0.25) is 9.59 Å². The van der Waals surface area contributed by atoms with Crippen molar-refractivity contribution >= 4 is 39.3 Å². The minimum absolute atomic E-state index is 0.0890. The van der Waals surface area contributed by atoms with E-state index in [9.17, 15) is 23.3 Å². The Morgan fingerprint density at radius 2 is 1.54 bits per heavy atom. The van der Waals surface area contributed by atoms with Crippen LogP contribution in [0.5, 0.6) is 0 Å². The van der Waals surface area contributed by atoms with Crippen LogP contribution in [0.15, 0.2) is 101 Å². The van der Waals surface area contributed by atoms with E-state index >= 15 is 0 Å². The summed E-state index contributed by atoms with van der Waals surface area (Å²) >= 11 is 1.33. The van der Waals surface area contributed by atoms with Crippen LogP contribution in [0.4, 0.5) is 5.69 Å². The Kier molecular flexibility index (Phi) is 8.76. The fourth-order valence-corrected chi connectivity index (χ4v) is 5.70. The van der Waals surface area contributed by atoms with Crippen molar-refractivity contribution in [3.63, 3.8) is 0 Å². The quantitative estimate of drug-likeness (QED) is 0.270. The summed E-state index contributed by atoms with van der Waals surface area (Å²) in [4.78, 5) is 28.3. The van der Waals surface area contributed by atoms with Gasteiger partial charge in [0.05, 0.1) is 16.2 Å². The molecule has 2 amide bonds. The first-order valence-corrected chi connectivity index (χ1v) is 14.4. The van der Waals surface area contributed by atoms with Crippen molar-refractivity contribution in [1.82, 2.24) is 9.71 Å². The Balaban J connectivity index is 1.49. The second-order valence-electron chi connectivity index (χ2n) is 8.41. The van der Waals surface area contributed by atoms with Crippen LogP contribution >= 0.6 is 11.8 Å². The number of pyridine rings is 1. The first kappa shape index (κ1) is 27.6. The van der Waals surface area contributed by atoms with Gasteiger partial charge in [-0.15, -0.1) is 11.8 Å². The number of rotatable bonds is 9. The van der Waals surface area contributed by atoms with Gasteiger partial charge in [-0.2, -0.15) is 5.26 Å². The van der Waals surface area contributed by atoms with Gasteiger partial charge in [-0.1, -0.05) is 60.7 Å². The summed E-state index contributed by atoms with van der Waals surface area (Å²) in [5.74, 6) is -0.597. The van der Waals surface area contributed by atoms with Gasteiger partial charge >= 0.3 is 0 Å². The molecule has 0 atom stereocenters. The van der Waals surface area contributed by atoms with E-state index in [0.29, 0.717) is 22.0 Å². The van der Waals surface area contributed by atoms with Crippen molar-refractivity contribution in [3.8, 4) is 28.5 Å². The van der Waals surface area contributed by atoms with Crippen molar-refractivity contribution in [2.75, 3.05) is 11.1 Å². The fourth-order valence-electron chi connectivity index (χ4n) is 3.77. The Labute approximate surface area is 231 Å². The van der Waals surface area contributed by atoms with Gasteiger partial charge in [0.15, 0.2) is 0 Å². The van der Waals surface area contributed by atoms with Crippen molar-refractivity contribution in [2.24, 2.45) is 0 Å². The predicted octanol–water partition coefficient (Wildman–Crippen LogP) is 5.23. The van der Waals surface area contributed by atoms with Gasteiger partial charge in [0.2, 0.25) is 11.8 Å². The summed E-state index contributed by atoms with van der Waals surface area (Å²) in [6.45, 7) is 1.11. The van der Waals surface area contributed by atoms with Crippen LogP contribution in [-0.4, -0.2) is 31.0 Å². The number of hydrogen-bond acceptors (Lipinski definition) is 7.